The molecule has 2 heterocycles. The number of hydrogen-bond donors (Lipinski definition) is 0. The van der Waals surface area contributed by atoms with Crippen molar-refractivity contribution in [1.82, 2.24) is 9.88 Å². The molecule has 0 saturated carbocycles. The average molecular weight is 348 g/mol. The van der Waals surface area contributed by atoms with Gasteiger partial charge in [-0.2, -0.15) is 0 Å². The van der Waals surface area contributed by atoms with Crippen LogP contribution in [0.4, 0.5) is 0 Å². The molecule has 7 heteroatoms. The van der Waals surface area contributed by atoms with E-state index in [4.69, 9.17) is 14.2 Å². The maximum Gasteiger partial charge on any atom is 0.254 e. The van der Waals surface area contributed by atoms with Gasteiger partial charge in [0.2, 0.25) is 0 Å². The van der Waals surface area contributed by atoms with E-state index in [1.54, 1.807) is 30.8 Å². The molecule has 1 aromatic carbocycles. The van der Waals surface area contributed by atoms with Crippen LogP contribution in [0.5, 0.6) is 11.5 Å². The minimum absolute atomic E-state index is 0.0184. The smallest absolute Gasteiger partial charge is 0.254 e. The van der Waals surface area contributed by atoms with E-state index < -0.39 is 0 Å². The first kappa shape index (κ1) is 16.7. The summed E-state index contributed by atoms with van der Waals surface area (Å²) in [6.07, 6.45) is 0. The molecule has 128 valence electrons. The standard InChI is InChI=1S/C17H20N2O4S/c1-12-8-22-6-5-19(12)17(20)13-3-4-15(16(7-13)21-2)23-9-14-10-24-11-18-14/h3-4,7,10-12H,5-6,8-9H2,1-2H3/t12-/m0/s1. The normalized spacial score (nSPS) is 17.6. The fourth-order valence-electron chi connectivity index (χ4n) is 2.58. The second-order valence-electron chi connectivity index (χ2n) is 5.56. The molecule has 1 atom stereocenters. The van der Waals surface area contributed by atoms with Gasteiger partial charge in [0.25, 0.3) is 5.91 Å². The fraction of sp³-hybridized carbons (Fsp3) is 0.412. The van der Waals surface area contributed by atoms with Crippen LogP contribution in [0, 0.1) is 0 Å². The van der Waals surface area contributed by atoms with Crippen molar-refractivity contribution in [2.45, 2.75) is 19.6 Å². The van der Waals surface area contributed by atoms with Gasteiger partial charge in [0.05, 0.1) is 37.6 Å². The van der Waals surface area contributed by atoms with Crippen molar-refractivity contribution >= 4 is 17.2 Å². The Balaban J connectivity index is 1.74. The third kappa shape index (κ3) is 3.68. The number of morpholine rings is 1. The number of aromatic nitrogens is 1. The number of carbonyl (C=O) groups is 1. The van der Waals surface area contributed by atoms with Gasteiger partial charge < -0.3 is 19.1 Å². The molecular formula is C17H20N2O4S. The molecule has 24 heavy (non-hydrogen) atoms. The number of hydrogen-bond acceptors (Lipinski definition) is 6. The van der Waals surface area contributed by atoms with Crippen molar-refractivity contribution in [3.8, 4) is 11.5 Å². The summed E-state index contributed by atoms with van der Waals surface area (Å²) in [7, 11) is 1.57. The van der Waals surface area contributed by atoms with Gasteiger partial charge in [-0.15, -0.1) is 11.3 Å². The summed E-state index contributed by atoms with van der Waals surface area (Å²) in [6.45, 7) is 4.09. The summed E-state index contributed by atoms with van der Waals surface area (Å²) in [5.74, 6) is 1.12. The number of amides is 1. The van der Waals surface area contributed by atoms with Crippen LogP contribution >= 0.6 is 11.3 Å². The van der Waals surface area contributed by atoms with Gasteiger partial charge in [0, 0.05) is 17.5 Å². The average Bonchev–Trinajstić information content (AvgIpc) is 3.13. The lowest BCUT2D eigenvalue weighted by Gasteiger charge is -2.33. The second kappa shape index (κ2) is 7.63. The Hall–Kier alpha value is -2.12. The van der Waals surface area contributed by atoms with E-state index in [-0.39, 0.29) is 11.9 Å². The van der Waals surface area contributed by atoms with E-state index in [0.717, 1.165) is 5.69 Å². The minimum atomic E-state index is -0.0184. The maximum absolute atomic E-state index is 12.7. The summed E-state index contributed by atoms with van der Waals surface area (Å²) in [6, 6.07) is 5.33. The molecule has 0 radical (unpaired) electrons. The summed E-state index contributed by atoms with van der Waals surface area (Å²) in [5.41, 5.74) is 3.22. The van der Waals surface area contributed by atoms with Crippen LogP contribution in [0.1, 0.15) is 23.0 Å². The van der Waals surface area contributed by atoms with Gasteiger partial charge in [0.1, 0.15) is 6.61 Å². The highest BCUT2D eigenvalue weighted by molar-refractivity contribution is 7.07. The van der Waals surface area contributed by atoms with Gasteiger partial charge in [-0.25, -0.2) is 4.98 Å². The van der Waals surface area contributed by atoms with E-state index in [1.165, 1.54) is 11.3 Å². The van der Waals surface area contributed by atoms with Gasteiger partial charge in [-0.3, -0.25) is 4.79 Å². The molecule has 0 bridgehead atoms. The number of rotatable bonds is 5. The SMILES string of the molecule is COc1cc(C(=O)N2CCOC[C@@H]2C)ccc1OCc1cscn1. The quantitative estimate of drug-likeness (QED) is 0.831. The van der Waals surface area contributed by atoms with Crippen molar-refractivity contribution in [2.75, 3.05) is 26.9 Å². The molecule has 1 aromatic heterocycles. The molecule has 0 aliphatic carbocycles. The molecule has 1 aliphatic rings. The Morgan fingerprint density at radius 1 is 1.46 bits per heavy atom. The van der Waals surface area contributed by atoms with E-state index in [2.05, 4.69) is 4.98 Å². The lowest BCUT2D eigenvalue weighted by atomic mass is 10.1. The first-order valence-electron chi connectivity index (χ1n) is 7.75. The van der Waals surface area contributed by atoms with Crippen LogP contribution in [-0.4, -0.2) is 48.7 Å². The molecule has 1 aliphatic heterocycles. The van der Waals surface area contributed by atoms with Crippen LogP contribution in [0.3, 0.4) is 0 Å². The third-order valence-electron chi connectivity index (χ3n) is 3.90. The largest absolute Gasteiger partial charge is 0.493 e. The number of thiazole rings is 1. The van der Waals surface area contributed by atoms with Crippen LogP contribution < -0.4 is 9.47 Å². The number of carbonyl (C=O) groups excluding carboxylic acids is 1. The summed E-state index contributed by atoms with van der Waals surface area (Å²) < 4.78 is 16.5. The molecule has 3 rings (SSSR count). The molecule has 1 fully saturated rings. The van der Waals surface area contributed by atoms with Crippen molar-refractivity contribution < 1.29 is 19.0 Å². The van der Waals surface area contributed by atoms with Crippen LogP contribution in [0.15, 0.2) is 29.1 Å². The minimum Gasteiger partial charge on any atom is -0.493 e. The third-order valence-corrected chi connectivity index (χ3v) is 4.53. The predicted octanol–water partition coefficient (Wildman–Crippen LogP) is 2.59. The zero-order valence-electron chi connectivity index (χ0n) is 13.7. The zero-order chi connectivity index (χ0) is 16.9. The molecule has 2 aromatic rings. The number of benzene rings is 1. The molecule has 1 saturated heterocycles. The second-order valence-corrected chi connectivity index (χ2v) is 6.28. The summed E-state index contributed by atoms with van der Waals surface area (Å²) in [4.78, 5) is 18.7. The van der Waals surface area contributed by atoms with E-state index in [0.29, 0.717) is 43.4 Å². The number of methoxy groups -OCH3 is 1. The van der Waals surface area contributed by atoms with Crippen molar-refractivity contribution in [2.24, 2.45) is 0 Å². The summed E-state index contributed by atoms with van der Waals surface area (Å²) >= 11 is 1.52. The number of ether oxygens (including phenoxy) is 3. The zero-order valence-corrected chi connectivity index (χ0v) is 14.5. The first-order valence-corrected chi connectivity index (χ1v) is 8.70. The number of nitrogens with zero attached hydrogens (tertiary/aromatic N) is 2. The molecule has 0 unspecified atom stereocenters. The van der Waals surface area contributed by atoms with Crippen LogP contribution in [-0.2, 0) is 11.3 Å². The van der Waals surface area contributed by atoms with Crippen LogP contribution in [0.25, 0.3) is 0 Å². The first-order chi connectivity index (χ1) is 11.7. The molecule has 0 N–H and O–H groups in total. The van der Waals surface area contributed by atoms with E-state index in [1.807, 2.05) is 17.2 Å². The van der Waals surface area contributed by atoms with Crippen LogP contribution in [0.2, 0.25) is 0 Å². The molecular weight excluding hydrogens is 328 g/mol. The van der Waals surface area contributed by atoms with Crippen molar-refractivity contribution in [1.29, 1.82) is 0 Å². The van der Waals surface area contributed by atoms with Crippen molar-refractivity contribution in [3.63, 3.8) is 0 Å². The van der Waals surface area contributed by atoms with Gasteiger partial charge in [-0.1, -0.05) is 0 Å². The molecule has 1 amide bonds. The monoisotopic (exact) mass is 348 g/mol. The maximum atomic E-state index is 12.7. The predicted molar refractivity (Wildman–Crippen MR) is 90.8 cm³/mol. The lowest BCUT2D eigenvalue weighted by Crippen LogP contribution is -2.47. The highest BCUT2D eigenvalue weighted by Crippen LogP contribution is 2.29. The Morgan fingerprint density at radius 2 is 2.33 bits per heavy atom. The highest BCUT2D eigenvalue weighted by Gasteiger charge is 2.25. The van der Waals surface area contributed by atoms with Gasteiger partial charge >= 0.3 is 0 Å². The molecule has 6 nitrogen and oxygen atoms in total. The van der Waals surface area contributed by atoms with Gasteiger partial charge in [-0.05, 0) is 25.1 Å². The molecule has 0 spiro atoms. The van der Waals surface area contributed by atoms with Gasteiger partial charge in [0.15, 0.2) is 11.5 Å². The van der Waals surface area contributed by atoms with E-state index >= 15 is 0 Å². The Labute approximate surface area is 145 Å². The Bertz CT molecular complexity index is 690. The topological polar surface area (TPSA) is 60.9 Å². The summed E-state index contributed by atoms with van der Waals surface area (Å²) in [5, 5.41) is 1.93. The fourth-order valence-corrected chi connectivity index (χ4v) is 3.12. The highest BCUT2D eigenvalue weighted by atomic mass is 32.1. The van der Waals surface area contributed by atoms with Crippen molar-refractivity contribution in [3.05, 3.63) is 40.3 Å². The Kier molecular flexibility index (Phi) is 5.32. The Morgan fingerprint density at radius 3 is 3.04 bits per heavy atom. The van der Waals surface area contributed by atoms with E-state index in [9.17, 15) is 4.79 Å². The lowest BCUT2D eigenvalue weighted by molar-refractivity contribution is 0.00357.